The zero-order valence-corrected chi connectivity index (χ0v) is 6.46. The lowest BCUT2D eigenvalue weighted by atomic mass is 10.2. The van der Waals surface area contributed by atoms with Crippen LogP contribution in [0, 0.1) is 0 Å². The maximum Gasteiger partial charge on any atom is 0.0931 e. The molecule has 0 bridgehead atoms. The number of hydrogen-bond acceptors (Lipinski definition) is 1. The van der Waals surface area contributed by atoms with Crippen molar-refractivity contribution in [1.82, 2.24) is 9.97 Å². The van der Waals surface area contributed by atoms with Crippen LogP contribution in [0.3, 0.4) is 0 Å². The molecule has 0 atom stereocenters. The molecule has 1 aliphatic carbocycles. The Balaban J connectivity index is 2.71. The molecule has 0 aromatic carbocycles. The van der Waals surface area contributed by atoms with Crippen molar-refractivity contribution in [2.75, 3.05) is 0 Å². The molecule has 0 radical (unpaired) electrons. The van der Waals surface area contributed by atoms with Gasteiger partial charge in [-0.15, -0.1) is 0 Å². The van der Waals surface area contributed by atoms with E-state index in [0.717, 1.165) is 17.1 Å². The first-order valence-corrected chi connectivity index (χ1v) is 3.73. The Morgan fingerprint density at radius 3 is 3.27 bits per heavy atom. The number of nitrogens with zero attached hydrogens (tertiary/aromatic N) is 1. The summed E-state index contributed by atoms with van der Waals surface area (Å²) < 4.78 is 0. The van der Waals surface area contributed by atoms with Crippen LogP contribution in [0.4, 0.5) is 0 Å². The Morgan fingerprint density at radius 1 is 1.45 bits per heavy atom. The standard InChI is InChI=1S/C9H10N2/c1-7-2-4-8-9(5-3-7)11-6-10-8/h2,4-6H,3H2,1H3,(H,10,11). The topological polar surface area (TPSA) is 28.7 Å². The number of imidazole rings is 1. The number of aromatic amines is 1. The summed E-state index contributed by atoms with van der Waals surface area (Å²) >= 11 is 0. The Hall–Kier alpha value is -1.31. The monoisotopic (exact) mass is 146 g/mol. The van der Waals surface area contributed by atoms with Crippen LogP contribution in [0.1, 0.15) is 13.3 Å². The highest BCUT2D eigenvalue weighted by molar-refractivity contribution is 5.43. The van der Waals surface area contributed by atoms with Crippen LogP contribution in [0.25, 0.3) is 12.2 Å². The number of allylic oxidation sites excluding steroid dienone is 2. The van der Waals surface area contributed by atoms with Gasteiger partial charge in [0.25, 0.3) is 0 Å². The fraction of sp³-hybridized carbons (Fsp3) is 0.222. The Bertz CT molecular complexity index is 395. The number of fused-ring (bicyclic) bond motifs is 1. The summed E-state index contributed by atoms with van der Waals surface area (Å²) in [4.78, 5) is 7.25. The van der Waals surface area contributed by atoms with E-state index >= 15 is 0 Å². The van der Waals surface area contributed by atoms with Gasteiger partial charge in [-0.25, -0.2) is 4.98 Å². The van der Waals surface area contributed by atoms with Gasteiger partial charge in [-0.3, -0.25) is 0 Å². The lowest BCUT2D eigenvalue weighted by Crippen LogP contribution is -2.23. The van der Waals surface area contributed by atoms with E-state index in [1.165, 1.54) is 5.57 Å². The van der Waals surface area contributed by atoms with E-state index < -0.39 is 0 Å². The molecular formula is C9H10N2. The van der Waals surface area contributed by atoms with Crippen molar-refractivity contribution >= 4 is 12.2 Å². The minimum atomic E-state index is 1.01. The van der Waals surface area contributed by atoms with Gasteiger partial charge in [0, 0.05) is 0 Å². The van der Waals surface area contributed by atoms with Gasteiger partial charge in [-0.2, -0.15) is 0 Å². The highest BCUT2D eigenvalue weighted by atomic mass is 14.8. The molecule has 0 amide bonds. The first kappa shape index (κ1) is 6.40. The summed E-state index contributed by atoms with van der Waals surface area (Å²) in [5.74, 6) is 0. The van der Waals surface area contributed by atoms with Gasteiger partial charge in [0.1, 0.15) is 0 Å². The fourth-order valence-corrected chi connectivity index (χ4v) is 1.16. The highest BCUT2D eigenvalue weighted by Crippen LogP contribution is 2.00. The van der Waals surface area contributed by atoms with Crippen LogP contribution in [0.15, 0.2) is 18.0 Å². The summed E-state index contributed by atoms with van der Waals surface area (Å²) in [6.07, 6.45) is 9.07. The van der Waals surface area contributed by atoms with Crippen molar-refractivity contribution < 1.29 is 0 Å². The minimum Gasteiger partial charge on any atom is -0.345 e. The van der Waals surface area contributed by atoms with E-state index in [1.54, 1.807) is 6.33 Å². The van der Waals surface area contributed by atoms with Gasteiger partial charge in [0.15, 0.2) is 0 Å². The molecule has 0 unspecified atom stereocenters. The molecule has 1 N–H and O–H groups in total. The number of aromatic nitrogens is 2. The van der Waals surface area contributed by atoms with Crippen LogP contribution in [-0.4, -0.2) is 9.97 Å². The first-order valence-electron chi connectivity index (χ1n) is 3.73. The number of H-pyrrole nitrogens is 1. The van der Waals surface area contributed by atoms with E-state index in [9.17, 15) is 0 Å². The van der Waals surface area contributed by atoms with E-state index in [4.69, 9.17) is 0 Å². The quantitative estimate of drug-likeness (QED) is 0.561. The molecule has 1 aromatic heterocycles. The third kappa shape index (κ3) is 1.11. The average Bonchev–Trinajstić information content (AvgIpc) is 2.38. The second-order valence-corrected chi connectivity index (χ2v) is 2.79. The molecule has 0 spiro atoms. The Labute approximate surface area is 65.0 Å². The number of nitrogens with one attached hydrogen (secondary N) is 1. The van der Waals surface area contributed by atoms with Gasteiger partial charge < -0.3 is 4.98 Å². The Morgan fingerprint density at radius 2 is 2.36 bits per heavy atom. The highest BCUT2D eigenvalue weighted by Gasteiger charge is 1.92. The largest absolute Gasteiger partial charge is 0.345 e. The molecule has 0 saturated heterocycles. The molecule has 0 saturated carbocycles. The molecule has 2 nitrogen and oxygen atoms in total. The minimum absolute atomic E-state index is 1.01. The van der Waals surface area contributed by atoms with E-state index in [2.05, 4.69) is 35.1 Å². The van der Waals surface area contributed by atoms with Crippen molar-refractivity contribution in [3.8, 4) is 0 Å². The average molecular weight is 146 g/mol. The molecule has 2 rings (SSSR count). The molecule has 1 heterocycles. The summed E-state index contributed by atoms with van der Waals surface area (Å²) in [6, 6.07) is 0. The maximum atomic E-state index is 4.18. The molecule has 1 aromatic rings. The van der Waals surface area contributed by atoms with E-state index in [0.29, 0.717) is 0 Å². The number of hydrogen-bond donors (Lipinski definition) is 1. The summed E-state index contributed by atoms with van der Waals surface area (Å²) in [6.45, 7) is 2.12. The van der Waals surface area contributed by atoms with E-state index in [-0.39, 0.29) is 0 Å². The number of rotatable bonds is 0. The van der Waals surface area contributed by atoms with Gasteiger partial charge in [0.05, 0.1) is 17.0 Å². The van der Waals surface area contributed by atoms with Crippen molar-refractivity contribution in [3.05, 3.63) is 28.7 Å². The zero-order chi connectivity index (χ0) is 7.68. The van der Waals surface area contributed by atoms with Crippen LogP contribution < -0.4 is 10.7 Å². The zero-order valence-electron chi connectivity index (χ0n) is 6.46. The van der Waals surface area contributed by atoms with Gasteiger partial charge in [-0.1, -0.05) is 17.7 Å². The molecule has 56 valence electrons. The second kappa shape index (κ2) is 2.38. The lowest BCUT2D eigenvalue weighted by molar-refractivity contribution is 1.23. The third-order valence-electron chi connectivity index (χ3n) is 1.85. The Kier molecular flexibility index (Phi) is 1.39. The summed E-state index contributed by atoms with van der Waals surface area (Å²) in [7, 11) is 0. The molecule has 0 aliphatic heterocycles. The summed E-state index contributed by atoms with van der Waals surface area (Å²) in [5.41, 5.74) is 1.37. The molecule has 11 heavy (non-hydrogen) atoms. The van der Waals surface area contributed by atoms with Crippen molar-refractivity contribution in [2.24, 2.45) is 0 Å². The van der Waals surface area contributed by atoms with E-state index in [1.807, 2.05) is 0 Å². The van der Waals surface area contributed by atoms with Crippen molar-refractivity contribution in [2.45, 2.75) is 13.3 Å². The SMILES string of the molecule is CC1=CC=c2[nH]cnc2=CC1. The van der Waals surface area contributed by atoms with Crippen LogP contribution in [-0.2, 0) is 0 Å². The smallest absolute Gasteiger partial charge is 0.0931 e. The fourth-order valence-electron chi connectivity index (χ4n) is 1.16. The van der Waals surface area contributed by atoms with Crippen molar-refractivity contribution in [3.63, 3.8) is 0 Å². The first-order chi connectivity index (χ1) is 5.36. The van der Waals surface area contributed by atoms with Gasteiger partial charge >= 0.3 is 0 Å². The third-order valence-corrected chi connectivity index (χ3v) is 1.85. The van der Waals surface area contributed by atoms with Crippen molar-refractivity contribution in [1.29, 1.82) is 0 Å². The van der Waals surface area contributed by atoms with Gasteiger partial charge in [-0.05, 0) is 19.4 Å². The summed E-state index contributed by atoms with van der Waals surface area (Å²) in [5, 5.41) is 2.18. The predicted molar refractivity (Wildman–Crippen MR) is 45.1 cm³/mol. The molecule has 0 fully saturated rings. The maximum absolute atomic E-state index is 4.18. The predicted octanol–water partition coefficient (Wildman–Crippen LogP) is 0.321. The molecule has 2 heteroatoms. The van der Waals surface area contributed by atoms with Crippen LogP contribution >= 0.6 is 0 Å². The van der Waals surface area contributed by atoms with Crippen LogP contribution in [0.2, 0.25) is 0 Å². The van der Waals surface area contributed by atoms with Gasteiger partial charge in [0.2, 0.25) is 0 Å². The normalized spacial score (nSPS) is 15.5. The lowest BCUT2D eigenvalue weighted by Gasteiger charge is -1.87. The van der Waals surface area contributed by atoms with Crippen LogP contribution in [0.5, 0.6) is 0 Å². The molecule has 1 aliphatic rings. The second-order valence-electron chi connectivity index (χ2n) is 2.79. The molecular weight excluding hydrogens is 136 g/mol.